The molecule has 0 aliphatic heterocycles. The molecule has 5 atom stereocenters. The highest BCUT2D eigenvalue weighted by molar-refractivity contribution is 7.47. The molecule has 0 spiro atoms. The summed E-state index contributed by atoms with van der Waals surface area (Å²) in [6.45, 7) is 2.39. The number of aliphatic hydroxyl groups excluding tert-OH is 2. The number of allylic oxidation sites excluding steroid dienone is 22. The van der Waals surface area contributed by atoms with Crippen LogP contribution in [0.2, 0.25) is 0 Å². The van der Waals surface area contributed by atoms with E-state index in [4.69, 9.17) is 32.3 Å². The van der Waals surface area contributed by atoms with Gasteiger partial charge in [-0.1, -0.05) is 257 Å². The zero-order chi connectivity index (χ0) is 69.5. The maximum Gasteiger partial charge on any atom is 0.472 e. The van der Waals surface area contributed by atoms with Crippen molar-refractivity contribution in [1.29, 1.82) is 0 Å². The Bertz CT molecular complexity index is 2260. The Morgan fingerprint density at radius 2 is 0.558 bits per heavy atom. The first kappa shape index (κ1) is 90.7. The van der Waals surface area contributed by atoms with Gasteiger partial charge in [0.05, 0.1) is 26.4 Å². The maximum absolute atomic E-state index is 12.9. The molecule has 0 saturated carbocycles. The summed E-state index contributed by atoms with van der Waals surface area (Å²) in [5.41, 5.74) is 0. The van der Waals surface area contributed by atoms with Gasteiger partial charge in [-0.05, 0) is 135 Å². The minimum atomic E-state index is -4.94. The van der Waals surface area contributed by atoms with Crippen molar-refractivity contribution >= 4 is 33.6 Å². The number of aliphatic hydroxyl groups is 2. The molecule has 0 aliphatic carbocycles. The first-order valence-electron chi connectivity index (χ1n) is 36.5. The zero-order valence-corrected chi connectivity index (χ0v) is 60.8. The van der Waals surface area contributed by atoms with E-state index >= 15 is 0 Å². The van der Waals surface area contributed by atoms with Gasteiger partial charge in [0, 0.05) is 19.3 Å². The highest BCUT2D eigenvalue weighted by atomic mass is 31.2. The van der Waals surface area contributed by atoms with E-state index in [1.165, 1.54) is 38.5 Å². The van der Waals surface area contributed by atoms with Gasteiger partial charge in [-0.2, -0.15) is 0 Å². The predicted octanol–water partition coefficient (Wildman–Crippen LogP) is 20.8. The Labute approximate surface area is 575 Å². The molecule has 0 radical (unpaired) electrons. The maximum atomic E-state index is 12.9. The molecular weight excluding hydrogens is 1240 g/mol. The predicted molar refractivity (Wildman–Crippen MR) is 390 cm³/mol. The van der Waals surface area contributed by atoms with E-state index in [-0.39, 0.29) is 19.3 Å². The number of phosphoric ester groups is 2. The Balaban J connectivity index is 4.64. The van der Waals surface area contributed by atoms with Gasteiger partial charge in [-0.15, -0.1) is 0 Å². The van der Waals surface area contributed by atoms with Crippen molar-refractivity contribution in [3.63, 3.8) is 0 Å². The largest absolute Gasteiger partial charge is 0.472 e. The highest BCUT2D eigenvalue weighted by Gasteiger charge is 2.29. The molecule has 0 aliphatic rings. The lowest BCUT2D eigenvalue weighted by atomic mass is 10.1. The first-order chi connectivity index (χ1) is 46.2. The quantitative estimate of drug-likeness (QED) is 0.0146. The molecule has 5 unspecified atom stereocenters. The number of hydrogen-bond donors (Lipinski definition) is 4. The first-order valence-corrected chi connectivity index (χ1v) is 39.5. The smallest absolute Gasteiger partial charge is 0.463 e. The van der Waals surface area contributed by atoms with Gasteiger partial charge < -0.3 is 34.2 Å². The molecule has 544 valence electrons. The third kappa shape index (κ3) is 70.8. The number of unbranched alkanes of at least 4 members (excludes halogenated alkanes) is 23. The lowest BCUT2D eigenvalue weighted by Crippen LogP contribution is -2.30. The number of phosphoric acid groups is 2. The van der Waals surface area contributed by atoms with Crippen LogP contribution in [-0.2, 0) is 55.8 Å². The van der Waals surface area contributed by atoms with Crippen LogP contribution in [0.15, 0.2) is 134 Å². The van der Waals surface area contributed by atoms with Gasteiger partial charge >= 0.3 is 33.6 Å². The second-order valence-corrected chi connectivity index (χ2v) is 26.9. The summed E-state index contributed by atoms with van der Waals surface area (Å²) in [5.74, 6) is -1.62. The summed E-state index contributed by atoms with van der Waals surface area (Å²) in [4.78, 5) is 58.5. The third-order valence-electron chi connectivity index (χ3n) is 14.8. The number of rotatable bonds is 68. The molecule has 95 heavy (non-hydrogen) atoms. The molecule has 0 amide bonds. The summed E-state index contributed by atoms with van der Waals surface area (Å²) in [6.07, 6.45) is 82.0. The summed E-state index contributed by atoms with van der Waals surface area (Å²) >= 11 is 0. The van der Waals surface area contributed by atoms with Gasteiger partial charge in [0.2, 0.25) is 0 Å². The average molecular weight is 1370 g/mol. The van der Waals surface area contributed by atoms with E-state index in [0.29, 0.717) is 19.3 Å². The van der Waals surface area contributed by atoms with Crippen LogP contribution in [0.5, 0.6) is 0 Å². The van der Waals surface area contributed by atoms with Crippen LogP contribution in [0, 0.1) is 0 Å². The van der Waals surface area contributed by atoms with E-state index in [1.54, 1.807) is 0 Å². The Morgan fingerprint density at radius 1 is 0.305 bits per heavy atom. The van der Waals surface area contributed by atoms with Crippen molar-refractivity contribution in [3.05, 3.63) is 134 Å². The molecule has 0 aromatic heterocycles. The molecule has 16 nitrogen and oxygen atoms in total. The molecule has 0 fully saturated rings. The van der Waals surface area contributed by atoms with Crippen LogP contribution in [0.1, 0.15) is 278 Å². The molecule has 0 aromatic rings. The molecular formula is C77H130O16P2. The summed E-state index contributed by atoms with van der Waals surface area (Å²) in [5, 5.41) is 20.6. The van der Waals surface area contributed by atoms with Crippen molar-refractivity contribution in [1.82, 2.24) is 0 Å². The van der Waals surface area contributed by atoms with Gasteiger partial charge in [-0.3, -0.25) is 32.5 Å². The summed E-state index contributed by atoms with van der Waals surface area (Å²) < 4.78 is 61.0. The monoisotopic (exact) mass is 1370 g/mol. The average Bonchev–Trinajstić information content (AvgIpc) is 2.24. The Hall–Kier alpha value is -4.31. The van der Waals surface area contributed by atoms with Crippen molar-refractivity contribution < 1.29 is 75.8 Å². The Kier molecular flexibility index (Phi) is 66.4. The van der Waals surface area contributed by atoms with Crippen molar-refractivity contribution in [2.75, 3.05) is 39.6 Å². The number of ether oxygens (including phenoxy) is 3. The van der Waals surface area contributed by atoms with Crippen molar-refractivity contribution in [2.45, 2.75) is 296 Å². The minimum Gasteiger partial charge on any atom is -0.463 e. The van der Waals surface area contributed by atoms with Crippen LogP contribution < -0.4 is 0 Å². The number of hydrogen-bond acceptors (Lipinski definition) is 14. The fourth-order valence-electron chi connectivity index (χ4n) is 9.32. The second-order valence-electron chi connectivity index (χ2n) is 24.0. The van der Waals surface area contributed by atoms with Crippen LogP contribution in [0.4, 0.5) is 0 Å². The molecule has 0 rings (SSSR count). The van der Waals surface area contributed by atoms with Crippen LogP contribution >= 0.6 is 15.6 Å². The zero-order valence-electron chi connectivity index (χ0n) is 59.0. The van der Waals surface area contributed by atoms with E-state index < -0.39 is 91.5 Å². The fraction of sp³-hybridized carbons (Fsp3) is 0.675. The lowest BCUT2D eigenvalue weighted by molar-refractivity contribution is -0.161. The molecule has 0 bridgehead atoms. The molecule has 0 aromatic carbocycles. The molecule has 4 N–H and O–H groups in total. The van der Waals surface area contributed by atoms with Crippen LogP contribution in [0.3, 0.4) is 0 Å². The van der Waals surface area contributed by atoms with E-state index in [9.17, 15) is 43.5 Å². The standard InChI is InChI=1S/C77H130O16P2/c1-4-7-10-13-16-19-22-25-28-30-32-33-34-35-36-37-39-41-43-45-48-51-54-57-60-63-75(80)87-66-72(78)67-89-94(83,84)90-68-73(79)69-91-95(85,86)92-71-74(93-77(82)65-62-59-56-53-50-47-42-27-24-21-18-15-12-9-6-3)70-88-76(81)64-61-58-55-52-49-46-44-40-38-31-29-26-23-20-17-14-11-8-5-2/h7-8,10-11,16-17,19-20,25-29,32-33,35-36,38-42,72-74,78-79H,4-6,9,12-15,18,21-24,30-31,34,37,43-71H2,1-3H3,(H,83,84)(H,85,86)/b10-7-,11-8-,19-16-,20-17-,28-25-,29-26-,33-32-,36-35-,40-38-,41-39-,42-27-. The fourth-order valence-corrected chi connectivity index (χ4v) is 10.9. The Morgan fingerprint density at radius 3 is 0.895 bits per heavy atom. The highest BCUT2D eigenvalue weighted by Crippen LogP contribution is 2.45. The van der Waals surface area contributed by atoms with Gasteiger partial charge in [0.25, 0.3) is 0 Å². The normalized spacial score (nSPS) is 14.9. The lowest BCUT2D eigenvalue weighted by Gasteiger charge is -2.21. The summed E-state index contributed by atoms with van der Waals surface area (Å²) in [6, 6.07) is 0. The van der Waals surface area contributed by atoms with Crippen LogP contribution in [0.25, 0.3) is 0 Å². The molecule has 18 heteroatoms. The van der Waals surface area contributed by atoms with E-state index in [2.05, 4.69) is 154 Å². The van der Waals surface area contributed by atoms with Gasteiger partial charge in [-0.25, -0.2) is 9.13 Å². The van der Waals surface area contributed by atoms with Gasteiger partial charge in [0.1, 0.15) is 25.4 Å². The SMILES string of the molecule is CC/C=C\C/C=C\C/C=C\C/C=C\C/C=C\C/C=C\CCCCCCCCC(=O)OCC(O)COP(=O)(O)OCC(O)COP(=O)(O)OCC(COC(=O)CCCCCCCC/C=C\C/C=C\C/C=C\C/C=C\CC)OC(=O)CCCCCCC/C=C\CCCCCCCC. The number of carbonyl (C=O) groups excluding carboxylic acids is 3. The van der Waals surface area contributed by atoms with Gasteiger partial charge in [0.15, 0.2) is 6.10 Å². The topological polar surface area (TPSA) is 231 Å². The van der Waals surface area contributed by atoms with Crippen molar-refractivity contribution in [2.24, 2.45) is 0 Å². The third-order valence-corrected chi connectivity index (χ3v) is 16.7. The van der Waals surface area contributed by atoms with Crippen molar-refractivity contribution in [3.8, 4) is 0 Å². The molecule has 0 saturated heterocycles. The molecule has 0 heterocycles. The summed E-state index contributed by atoms with van der Waals surface area (Å²) in [7, 11) is -9.80. The number of esters is 3. The number of carbonyl (C=O) groups is 3. The minimum absolute atomic E-state index is 0.0884. The van der Waals surface area contributed by atoms with E-state index in [1.807, 2.05) is 0 Å². The second kappa shape index (κ2) is 69.6. The van der Waals surface area contributed by atoms with E-state index in [0.717, 1.165) is 180 Å². The van der Waals surface area contributed by atoms with Crippen LogP contribution in [-0.4, -0.2) is 95.9 Å².